The molecule has 4 N–H and O–H groups in total. The summed E-state index contributed by atoms with van der Waals surface area (Å²) in [5, 5.41) is 19.3. The molecule has 108 valence electrons. The smallest absolute Gasteiger partial charge is 0.351 e. The first-order valence-corrected chi connectivity index (χ1v) is 5.74. The van der Waals surface area contributed by atoms with Gasteiger partial charge in [-0.25, -0.2) is 9.18 Å². The molecular formula is C11H18FN3O4. The maximum absolute atomic E-state index is 14.2. The zero-order valence-electron chi connectivity index (χ0n) is 10.8. The fraction of sp³-hybridized carbons (Fsp3) is 0.636. The molecule has 7 nitrogen and oxygen atoms in total. The van der Waals surface area contributed by atoms with Crippen LogP contribution in [0.3, 0.4) is 0 Å². The summed E-state index contributed by atoms with van der Waals surface area (Å²) in [6.07, 6.45) is -2.58. The summed E-state index contributed by atoms with van der Waals surface area (Å²) in [4.78, 5) is 14.9. The molecule has 8 heteroatoms. The number of ether oxygens (including phenoxy) is 1. The molecule has 19 heavy (non-hydrogen) atoms. The fourth-order valence-corrected chi connectivity index (χ4v) is 1.76. The molecular weight excluding hydrogens is 257 g/mol. The summed E-state index contributed by atoms with van der Waals surface area (Å²) in [6, 6.07) is 1.24. The van der Waals surface area contributed by atoms with Crippen LogP contribution in [-0.2, 0) is 4.74 Å². The first-order valence-electron chi connectivity index (χ1n) is 5.74. The normalized spacial score (nSPS) is 17.7. The standard InChI is InChI=1S/C11H18FN3O4/c1-3-11(6-16,19-2)8(17)9(12)15-5-4-7(13)14-10(15)18/h4-5,8-9,16-17H,3,6H2,1-2H3,(H2,13,14,18)/t8-,9-,11+/m0/s1. The van der Waals surface area contributed by atoms with E-state index >= 15 is 0 Å². The Kier molecular flexibility index (Phi) is 4.98. The molecule has 1 aromatic rings. The second-order valence-corrected chi connectivity index (χ2v) is 4.14. The van der Waals surface area contributed by atoms with Crippen LogP contribution in [0.5, 0.6) is 0 Å². The lowest BCUT2D eigenvalue weighted by atomic mass is 9.93. The van der Waals surface area contributed by atoms with Gasteiger partial charge in [0.05, 0.1) is 6.61 Å². The Bertz CT molecular complexity index is 467. The SMILES string of the molecule is CC[C@](CO)(OC)[C@@H](O)[C@@H](F)n1ccc(N)nc1=O. The van der Waals surface area contributed by atoms with E-state index in [0.717, 1.165) is 6.20 Å². The first kappa shape index (κ1) is 15.5. The van der Waals surface area contributed by atoms with Crippen LogP contribution in [0.2, 0.25) is 0 Å². The highest BCUT2D eigenvalue weighted by Gasteiger charge is 2.42. The minimum atomic E-state index is -2.10. The van der Waals surface area contributed by atoms with Gasteiger partial charge < -0.3 is 20.7 Å². The van der Waals surface area contributed by atoms with Crippen LogP contribution in [0.4, 0.5) is 10.2 Å². The lowest BCUT2D eigenvalue weighted by Crippen LogP contribution is -2.51. The number of halogens is 1. The molecule has 0 radical (unpaired) electrons. The number of nitrogens with zero attached hydrogens (tertiary/aromatic N) is 2. The highest BCUT2D eigenvalue weighted by atomic mass is 19.1. The Morgan fingerprint density at radius 2 is 2.32 bits per heavy atom. The van der Waals surface area contributed by atoms with Crippen molar-refractivity contribution < 1.29 is 19.3 Å². The van der Waals surface area contributed by atoms with Crippen molar-refractivity contribution in [2.24, 2.45) is 0 Å². The fourth-order valence-electron chi connectivity index (χ4n) is 1.76. The molecule has 0 aromatic carbocycles. The van der Waals surface area contributed by atoms with Gasteiger partial charge >= 0.3 is 5.69 Å². The third-order valence-electron chi connectivity index (χ3n) is 3.19. The number of aromatic nitrogens is 2. The highest BCUT2D eigenvalue weighted by Crippen LogP contribution is 2.28. The number of nitrogens with two attached hydrogens (primary N) is 1. The number of alkyl halides is 1. The van der Waals surface area contributed by atoms with Crippen molar-refractivity contribution in [3.8, 4) is 0 Å². The molecule has 1 aromatic heterocycles. The molecule has 0 spiro atoms. The van der Waals surface area contributed by atoms with Gasteiger partial charge in [0.25, 0.3) is 0 Å². The lowest BCUT2D eigenvalue weighted by molar-refractivity contribution is -0.165. The predicted molar refractivity (Wildman–Crippen MR) is 66.2 cm³/mol. The van der Waals surface area contributed by atoms with Crippen LogP contribution in [-0.4, -0.2) is 45.2 Å². The minimum Gasteiger partial charge on any atom is -0.393 e. The molecule has 0 saturated heterocycles. The summed E-state index contributed by atoms with van der Waals surface area (Å²) in [6.45, 7) is 1.04. The quantitative estimate of drug-likeness (QED) is 0.642. The Hall–Kier alpha value is -1.51. The van der Waals surface area contributed by atoms with Gasteiger partial charge in [-0.1, -0.05) is 6.92 Å². The second kappa shape index (κ2) is 6.09. The average molecular weight is 275 g/mol. The molecule has 0 amide bonds. The maximum Gasteiger partial charge on any atom is 0.351 e. The van der Waals surface area contributed by atoms with Crippen molar-refractivity contribution in [2.45, 2.75) is 31.3 Å². The van der Waals surface area contributed by atoms with Gasteiger partial charge in [-0.15, -0.1) is 0 Å². The zero-order valence-corrected chi connectivity index (χ0v) is 10.8. The number of methoxy groups -OCH3 is 1. The number of hydrogen-bond acceptors (Lipinski definition) is 6. The van der Waals surface area contributed by atoms with E-state index in [-0.39, 0.29) is 12.2 Å². The van der Waals surface area contributed by atoms with E-state index in [9.17, 15) is 19.4 Å². The van der Waals surface area contributed by atoms with E-state index in [1.807, 2.05) is 0 Å². The van der Waals surface area contributed by atoms with Crippen LogP contribution < -0.4 is 11.4 Å². The van der Waals surface area contributed by atoms with E-state index < -0.39 is 30.3 Å². The number of aliphatic hydroxyl groups excluding tert-OH is 2. The maximum atomic E-state index is 14.2. The van der Waals surface area contributed by atoms with Crippen molar-refractivity contribution in [1.82, 2.24) is 9.55 Å². The zero-order chi connectivity index (χ0) is 14.6. The monoisotopic (exact) mass is 275 g/mol. The van der Waals surface area contributed by atoms with E-state index in [0.29, 0.717) is 4.57 Å². The number of anilines is 1. The average Bonchev–Trinajstić information content (AvgIpc) is 2.40. The lowest BCUT2D eigenvalue weighted by Gasteiger charge is -2.35. The molecule has 0 fully saturated rings. The minimum absolute atomic E-state index is 0.0430. The third kappa shape index (κ3) is 2.91. The summed E-state index contributed by atoms with van der Waals surface area (Å²) in [7, 11) is 1.25. The Balaban J connectivity index is 3.11. The van der Waals surface area contributed by atoms with Gasteiger partial charge in [0.15, 0.2) is 0 Å². The third-order valence-corrected chi connectivity index (χ3v) is 3.19. The van der Waals surface area contributed by atoms with Crippen LogP contribution in [0.25, 0.3) is 0 Å². The number of rotatable bonds is 6. The van der Waals surface area contributed by atoms with Crippen LogP contribution in [0.1, 0.15) is 19.6 Å². The summed E-state index contributed by atoms with van der Waals surface area (Å²) < 4.78 is 19.8. The molecule has 1 heterocycles. The van der Waals surface area contributed by atoms with Crippen molar-refractivity contribution in [1.29, 1.82) is 0 Å². The highest BCUT2D eigenvalue weighted by molar-refractivity contribution is 5.23. The van der Waals surface area contributed by atoms with Crippen LogP contribution >= 0.6 is 0 Å². The van der Waals surface area contributed by atoms with Gasteiger partial charge in [-0.05, 0) is 12.5 Å². The predicted octanol–water partition coefficient (Wildman–Crippen LogP) is -0.558. The molecule has 0 saturated carbocycles. The summed E-state index contributed by atoms with van der Waals surface area (Å²) >= 11 is 0. The van der Waals surface area contributed by atoms with Crippen molar-refractivity contribution in [3.63, 3.8) is 0 Å². The van der Waals surface area contributed by atoms with Gasteiger partial charge in [-0.2, -0.15) is 4.98 Å². The molecule has 0 aliphatic carbocycles. The number of nitrogen functional groups attached to an aromatic ring is 1. The number of hydrogen-bond donors (Lipinski definition) is 3. The van der Waals surface area contributed by atoms with E-state index in [4.69, 9.17) is 10.5 Å². The largest absolute Gasteiger partial charge is 0.393 e. The van der Waals surface area contributed by atoms with Crippen molar-refractivity contribution >= 4 is 5.82 Å². The summed E-state index contributed by atoms with van der Waals surface area (Å²) in [5.74, 6) is -0.0430. The van der Waals surface area contributed by atoms with Crippen molar-refractivity contribution in [2.75, 3.05) is 19.5 Å². The van der Waals surface area contributed by atoms with Crippen LogP contribution in [0, 0.1) is 0 Å². The number of aliphatic hydroxyl groups is 2. The van der Waals surface area contributed by atoms with Gasteiger partial charge in [-0.3, -0.25) is 4.57 Å². The van der Waals surface area contributed by atoms with Gasteiger partial charge in [0.1, 0.15) is 17.5 Å². The van der Waals surface area contributed by atoms with Crippen molar-refractivity contribution in [3.05, 3.63) is 22.7 Å². The van der Waals surface area contributed by atoms with Gasteiger partial charge in [0.2, 0.25) is 6.30 Å². The molecule has 0 unspecified atom stereocenters. The molecule has 3 atom stereocenters. The Morgan fingerprint density at radius 3 is 2.74 bits per heavy atom. The molecule has 1 rings (SSSR count). The first-order chi connectivity index (χ1) is 8.91. The summed E-state index contributed by atoms with van der Waals surface area (Å²) in [5.41, 5.74) is 2.88. The molecule has 0 aliphatic rings. The molecule has 0 bridgehead atoms. The second-order valence-electron chi connectivity index (χ2n) is 4.14. The van der Waals surface area contributed by atoms with Gasteiger partial charge in [0, 0.05) is 13.3 Å². The van der Waals surface area contributed by atoms with E-state index in [2.05, 4.69) is 4.98 Å². The van der Waals surface area contributed by atoms with E-state index in [1.165, 1.54) is 13.2 Å². The van der Waals surface area contributed by atoms with Crippen LogP contribution in [0.15, 0.2) is 17.1 Å². The Morgan fingerprint density at radius 1 is 1.68 bits per heavy atom. The molecule has 0 aliphatic heterocycles. The Labute approximate surface area is 109 Å². The van der Waals surface area contributed by atoms with E-state index in [1.54, 1.807) is 6.92 Å². The topological polar surface area (TPSA) is 111 Å².